The largest absolute Gasteiger partial charge is 0.455 e. The van der Waals surface area contributed by atoms with Crippen LogP contribution in [0.25, 0.3) is 10.9 Å². The fourth-order valence-corrected chi connectivity index (χ4v) is 2.29. The summed E-state index contributed by atoms with van der Waals surface area (Å²) in [5, 5.41) is 5.37. The van der Waals surface area contributed by atoms with Gasteiger partial charge in [0.1, 0.15) is 12.3 Å². The highest BCUT2D eigenvalue weighted by molar-refractivity contribution is 5.95. The van der Waals surface area contributed by atoms with Crippen LogP contribution in [0.4, 0.5) is 5.69 Å². The van der Waals surface area contributed by atoms with Gasteiger partial charge in [0.25, 0.3) is 0 Å². The van der Waals surface area contributed by atoms with Crippen molar-refractivity contribution in [3.63, 3.8) is 0 Å². The number of nitrogens with zero attached hydrogens (tertiary/aromatic N) is 2. The SMILES string of the molecule is Cn1nc(COC(=O)c2ccccc2N)c2ccccc21. The first-order chi connectivity index (χ1) is 10.2. The van der Waals surface area contributed by atoms with E-state index in [0.29, 0.717) is 11.3 Å². The second kappa shape index (κ2) is 5.28. The van der Waals surface area contributed by atoms with Gasteiger partial charge in [-0.1, -0.05) is 30.3 Å². The van der Waals surface area contributed by atoms with Crippen molar-refractivity contribution < 1.29 is 9.53 Å². The van der Waals surface area contributed by atoms with E-state index in [-0.39, 0.29) is 6.61 Å². The van der Waals surface area contributed by atoms with Crippen LogP contribution < -0.4 is 5.73 Å². The molecule has 0 saturated heterocycles. The zero-order valence-corrected chi connectivity index (χ0v) is 11.6. The molecule has 0 spiro atoms. The van der Waals surface area contributed by atoms with E-state index in [9.17, 15) is 4.79 Å². The second-order valence-corrected chi connectivity index (χ2v) is 4.75. The molecule has 0 unspecified atom stereocenters. The molecule has 0 radical (unpaired) electrons. The number of carbonyl (C=O) groups excluding carboxylic acids is 1. The second-order valence-electron chi connectivity index (χ2n) is 4.75. The predicted octanol–water partition coefficient (Wildman–Crippen LogP) is 2.51. The standard InChI is InChI=1S/C16H15N3O2/c1-19-15-9-5-3-7-12(15)14(18-19)10-21-16(20)11-6-2-4-8-13(11)17/h2-9H,10,17H2,1H3. The van der Waals surface area contributed by atoms with Gasteiger partial charge in [0, 0.05) is 18.1 Å². The number of nitrogens with two attached hydrogens (primary N) is 1. The molecule has 0 bridgehead atoms. The summed E-state index contributed by atoms with van der Waals surface area (Å²) < 4.78 is 7.09. The number of hydrogen-bond donors (Lipinski definition) is 1. The summed E-state index contributed by atoms with van der Waals surface area (Å²) in [4.78, 5) is 12.0. The van der Waals surface area contributed by atoms with Crippen LogP contribution in [0.3, 0.4) is 0 Å². The summed E-state index contributed by atoms with van der Waals surface area (Å²) in [6, 6.07) is 14.7. The van der Waals surface area contributed by atoms with Crippen molar-refractivity contribution in [1.29, 1.82) is 0 Å². The number of benzene rings is 2. The van der Waals surface area contributed by atoms with Crippen molar-refractivity contribution >= 4 is 22.6 Å². The Labute approximate surface area is 121 Å². The Kier molecular flexibility index (Phi) is 3.31. The third-order valence-electron chi connectivity index (χ3n) is 3.35. The van der Waals surface area contributed by atoms with Gasteiger partial charge in [-0.3, -0.25) is 4.68 Å². The van der Waals surface area contributed by atoms with Gasteiger partial charge in [0.05, 0.1) is 11.1 Å². The van der Waals surface area contributed by atoms with E-state index >= 15 is 0 Å². The highest BCUT2D eigenvalue weighted by atomic mass is 16.5. The highest BCUT2D eigenvalue weighted by Crippen LogP contribution is 2.19. The lowest BCUT2D eigenvalue weighted by molar-refractivity contribution is 0.0470. The number of carbonyl (C=O) groups is 1. The van der Waals surface area contributed by atoms with E-state index in [1.165, 1.54) is 0 Å². The molecule has 5 nitrogen and oxygen atoms in total. The van der Waals surface area contributed by atoms with E-state index in [4.69, 9.17) is 10.5 Å². The third-order valence-corrected chi connectivity index (χ3v) is 3.35. The molecule has 21 heavy (non-hydrogen) atoms. The monoisotopic (exact) mass is 281 g/mol. The number of para-hydroxylation sites is 2. The topological polar surface area (TPSA) is 70.1 Å². The van der Waals surface area contributed by atoms with Crippen LogP contribution in [0.5, 0.6) is 0 Å². The lowest BCUT2D eigenvalue weighted by atomic mass is 10.2. The summed E-state index contributed by atoms with van der Waals surface area (Å²) in [6.07, 6.45) is 0. The van der Waals surface area contributed by atoms with E-state index in [2.05, 4.69) is 5.10 Å². The van der Waals surface area contributed by atoms with Gasteiger partial charge in [0.2, 0.25) is 0 Å². The van der Waals surface area contributed by atoms with Crippen LogP contribution in [0.1, 0.15) is 16.1 Å². The van der Waals surface area contributed by atoms with Crippen LogP contribution in [-0.4, -0.2) is 15.7 Å². The van der Waals surface area contributed by atoms with Gasteiger partial charge in [-0.15, -0.1) is 0 Å². The number of rotatable bonds is 3. The number of nitrogen functional groups attached to an aromatic ring is 1. The molecular formula is C16H15N3O2. The van der Waals surface area contributed by atoms with E-state index < -0.39 is 5.97 Å². The summed E-state index contributed by atoms with van der Waals surface area (Å²) in [5.74, 6) is -0.442. The lowest BCUT2D eigenvalue weighted by Crippen LogP contribution is -2.08. The van der Waals surface area contributed by atoms with Gasteiger partial charge in [-0.05, 0) is 18.2 Å². The molecule has 2 aromatic carbocycles. The third kappa shape index (κ3) is 2.45. The molecule has 1 heterocycles. The number of ether oxygens (including phenoxy) is 1. The minimum absolute atomic E-state index is 0.120. The first-order valence-electron chi connectivity index (χ1n) is 6.59. The van der Waals surface area contributed by atoms with Gasteiger partial charge in [-0.2, -0.15) is 5.10 Å². The highest BCUT2D eigenvalue weighted by Gasteiger charge is 2.13. The quantitative estimate of drug-likeness (QED) is 0.591. The molecule has 3 rings (SSSR count). The molecule has 5 heteroatoms. The first-order valence-corrected chi connectivity index (χ1v) is 6.59. The fraction of sp³-hybridized carbons (Fsp3) is 0.125. The van der Waals surface area contributed by atoms with Crippen molar-refractivity contribution in [1.82, 2.24) is 9.78 Å². The summed E-state index contributed by atoms with van der Waals surface area (Å²) in [7, 11) is 1.86. The number of aryl methyl sites for hydroxylation is 1. The Morgan fingerprint density at radius 1 is 1.19 bits per heavy atom. The molecule has 0 saturated carbocycles. The van der Waals surface area contributed by atoms with Crippen molar-refractivity contribution in [3.05, 3.63) is 59.8 Å². The Hall–Kier alpha value is -2.82. The van der Waals surface area contributed by atoms with Crippen molar-refractivity contribution in [2.24, 2.45) is 7.05 Å². The minimum atomic E-state index is -0.442. The van der Waals surface area contributed by atoms with E-state index in [1.807, 2.05) is 31.3 Å². The minimum Gasteiger partial charge on any atom is -0.455 e. The average molecular weight is 281 g/mol. The number of aromatic nitrogens is 2. The van der Waals surface area contributed by atoms with Crippen LogP contribution in [0, 0.1) is 0 Å². The zero-order valence-electron chi connectivity index (χ0n) is 11.6. The smallest absolute Gasteiger partial charge is 0.340 e. The summed E-state index contributed by atoms with van der Waals surface area (Å²) in [5.41, 5.74) is 8.28. The molecular weight excluding hydrogens is 266 g/mol. The van der Waals surface area contributed by atoms with Crippen molar-refractivity contribution in [2.45, 2.75) is 6.61 Å². The van der Waals surface area contributed by atoms with E-state index in [1.54, 1.807) is 28.9 Å². The molecule has 1 aromatic heterocycles. The molecule has 0 aliphatic carbocycles. The maximum Gasteiger partial charge on any atom is 0.340 e. The van der Waals surface area contributed by atoms with Crippen LogP contribution in [-0.2, 0) is 18.4 Å². The fourth-order valence-electron chi connectivity index (χ4n) is 2.29. The molecule has 3 aromatic rings. The first kappa shape index (κ1) is 13.2. The molecule has 2 N–H and O–H groups in total. The maximum atomic E-state index is 12.0. The number of esters is 1. The molecule has 0 amide bonds. The van der Waals surface area contributed by atoms with Crippen LogP contribution >= 0.6 is 0 Å². The molecule has 106 valence electrons. The number of fused-ring (bicyclic) bond motifs is 1. The Morgan fingerprint density at radius 3 is 2.71 bits per heavy atom. The maximum absolute atomic E-state index is 12.0. The Morgan fingerprint density at radius 2 is 1.90 bits per heavy atom. The lowest BCUT2D eigenvalue weighted by Gasteiger charge is -2.05. The Balaban J connectivity index is 1.81. The molecule has 0 aliphatic heterocycles. The number of anilines is 1. The summed E-state index contributed by atoms with van der Waals surface area (Å²) in [6.45, 7) is 0.120. The van der Waals surface area contributed by atoms with Gasteiger partial charge in [0.15, 0.2) is 0 Å². The normalized spacial score (nSPS) is 10.7. The summed E-state index contributed by atoms with van der Waals surface area (Å²) >= 11 is 0. The average Bonchev–Trinajstić information content (AvgIpc) is 2.82. The van der Waals surface area contributed by atoms with Crippen LogP contribution in [0.15, 0.2) is 48.5 Å². The van der Waals surface area contributed by atoms with Crippen molar-refractivity contribution in [2.75, 3.05) is 5.73 Å². The zero-order chi connectivity index (χ0) is 14.8. The Bertz CT molecular complexity index is 808. The van der Waals surface area contributed by atoms with Crippen LogP contribution in [0.2, 0.25) is 0 Å². The molecule has 0 atom stereocenters. The number of hydrogen-bond acceptors (Lipinski definition) is 4. The predicted molar refractivity (Wildman–Crippen MR) is 80.7 cm³/mol. The van der Waals surface area contributed by atoms with Gasteiger partial charge >= 0.3 is 5.97 Å². The molecule has 0 aliphatic rings. The van der Waals surface area contributed by atoms with Gasteiger partial charge < -0.3 is 10.5 Å². The molecule has 0 fully saturated rings. The van der Waals surface area contributed by atoms with Crippen molar-refractivity contribution in [3.8, 4) is 0 Å². The van der Waals surface area contributed by atoms with E-state index in [0.717, 1.165) is 16.6 Å². The van der Waals surface area contributed by atoms with Gasteiger partial charge in [-0.25, -0.2) is 4.79 Å².